The second-order valence-corrected chi connectivity index (χ2v) is 10.2. The first-order chi connectivity index (χ1) is 20.6. The molecule has 43 heavy (non-hydrogen) atoms. The maximum atomic E-state index is 13.6. The fourth-order valence-corrected chi connectivity index (χ4v) is 5.11. The SMILES string of the molecule is O=C(NCCNC(=O)[C@H]1CC[C@H](c2nc(C(=O)O)c(-c3ccccc3)o2)CC1)c1cn(-c2ccccc2)nc1C(F)(F)F. The van der Waals surface area contributed by atoms with Crippen LogP contribution in [0, 0.1) is 5.92 Å². The summed E-state index contributed by atoms with van der Waals surface area (Å²) in [5, 5.41) is 18.3. The van der Waals surface area contributed by atoms with Gasteiger partial charge in [-0.25, -0.2) is 14.5 Å². The van der Waals surface area contributed by atoms with Crippen LogP contribution in [0.3, 0.4) is 0 Å². The van der Waals surface area contributed by atoms with Gasteiger partial charge in [0.25, 0.3) is 5.91 Å². The van der Waals surface area contributed by atoms with Gasteiger partial charge in [-0.05, 0) is 37.8 Å². The van der Waals surface area contributed by atoms with Crippen LogP contribution in [0.1, 0.15) is 64.0 Å². The molecule has 2 aromatic carbocycles. The molecular formula is C30H28F3N5O5. The van der Waals surface area contributed by atoms with Crippen LogP contribution in [-0.4, -0.2) is 50.7 Å². The molecule has 1 saturated carbocycles. The second kappa shape index (κ2) is 12.5. The number of amides is 2. The number of aromatic nitrogens is 3. The summed E-state index contributed by atoms with van der Waals surface area (Å²) >= 11 is 0. The predicted molar refractivity (Wildman–Crippen MR) is 148 cm³/mol. The van der Waals surface area contributed by atoms with Crippen LogP contribution < -0.4 is 10.6 Å². The third-order valence-corrected chi connectivity index (χ3v) is 7.29. The summed E-state index contributed by atoms with van der Waals surface area (Å²) in [4.78, 5) is 41.3. The van der Waals surface area contributed by atoms with Gasteiger partial charge in [-0.1, -0.05) is 48.5 Å². The summed E-state index contributed by atoms with van der Waals surface area (Å²) in [7, 11) is 0. The van der Waals surface area contributed by atoms with Crippen LogP contribution in [0.15, 0.2) is 71.3 Å². The normalized spacial score (nSPS) is 16.9. The maximum Gasteiger partial charge on any atom is 0.435 e. The number of benzene rings is 2. The molecule has 2 amide bonds. The van der Waals surface area contributed by atoms with E-state index in [4.69, 9.17) is 4.42 Å². The van der Waals surface area contributed by atoms with Crippen LogP contribution in [0.4, 0.5) is 13.2 Å². The first-order valence-electron chi connectivity index (χ1n) is 13.7. The van der Waals surface area contributed by atoms with E-state index >= 15 is 0 Å². The summed E-state index contributed by atoms with van der Waals surface area (Å²) < 4.78 is 47.6. The van der Waals surface area contributed by atoms with Crippen LogP contribution in [0.2, 0.25) is 0 Å². The fraction of sp³-hybridized carbons (Fsp3) is 0.300. The quantitative estimate of drug-likeness (QED) is 0.230. The summed E-state index contributed by atoms with van der Waals surface area (Å²) in [5.74, 6) is -2.30. The van der Waals surface area contributed by atoms with Crippen LogP contribution in [0.25, 0.3) is 17.0 Å². The molecular weight excluding hydrogens is 567 g/mol. The van der Waals surface area contributed by atoms with E-state index < -0.39 is 29.3 Å². The molecule has 2 aromatic heterocycles. The lowest BCUT2D eigenvalue weighted by atomic mass is 9.81. The summed E-state index contributed by atoms with van der Waals surface area (Å²) in [6.45, 7) is -0.0505. The smallest absolute Gasteiger partial charge is 0.435 e. The van der Waals surface area contributed by atoms with Gasteiger partial charge in [0.1, 0.15) is 0 Å². The molecule has 1 aliphatic rings. The molecule has 1 aliphatic carbocycles. The van der Waals surface area contributed by atoms with Gasteiger partial charge in [-0.3, -0.25) is 9.59 Å². The fourth-order valence-electron chi connectivity index (χ4n) is 5.11. The van der Waals surface area contributed by atoms with Crippen molar-refractivity contribution in [3.8, 4) is 17.0 Å². The Morgan fingerprint density at radius 1 is 0.930 bits per heavy atom. The number of alkyl halides is 3. The number of carbonyl (C=O) groups excluding carboxylic acids is 2. The minimum absolute atomic E-state index is 0.0286. The highest BCUT2D eigenvalue weighted by Gasteiger charge is 2.39. The van der Waals surface area contributed by atoms with E-state index in [1.165, 1.54) is 0 Å². The van der Waals surface area contributed by atoms with Crippen LogP contribution in [-0.2, 0) is 11.0 Å². The number of halogens is 3. The Morgan fingerprint density at radius 3 is 2.19 bits per heavy atom. The lowest BCUT2D eigenvalue weighted by molar-refractivity contribution is -0.141. The van der Waals surface area contributed by atoms with E-state index in [2.05, 4.69) is 20.7 Å². The number of hydrogen-bond donors (Lipinski definition) is 3. The zero-order valence-corrected chi connectivity index (χ0v) is 22.8. The van der Waals surface area contributed by atoms with Gasteiger partial charge < -0.3 is 20.2 Å². The standard InChI is InChI=1S/C30H28F3N5O5/c31-30(32,33)25-22(17-38(37-25)21-9-5-2-6-10-21)27(40)35-16-15-34-26(39)19-11-13-20(14-12-19)28-36-23(29(41)42)24(43-28)18-7-3-1-4-8-18/h1-10,17,19-20H,11-16H2,(H,34,39)(H,35,40)(H,41,42)/t19-,20-. The number of carboxylic acids is 1. The highest BCUT2D eigenvalue weighted by molar-refractivity contribution is 5.95. The molecule has 0 spiro atoms. The molecule has 3 N–H and O–H groups in total. The maximum absolute atomic E-state index is 13.6. The summed E-state index contributed by atoms with van der Waals surface area (Å²) in [5.41, 5.74) is -1.09. The van der Waals surface area contributed by atoms with Gasteiger partial charge in [-0.15, -0.1) is 0 Å². The monoisotopic (exact) mass is 595 g/mol. The van der Waals surface area contributed by atoms with Crippen molar-refractivity contribution in [1.29, 1.82) is 0 Å². The Morgan fingerprint density at radius 2 is 1.56 bits per heavy atom. The molecule has 1 fully saturated rings. The van der Waals surface area contributed by atoms with Crippen molar-refractivity contribution in [2.45, 2.75) is 37.8 Å². The topological polar surface area (TPSA) is 139 Å². The van der Waals surface area contributed by atoms with Crippen molar-refractivity contribution in [3.05, 3.63) is 89.7 Å². The number of carboxylic acid groups (broad SMARTS) is 1. The lowest BCUT2D eigenvalue weighted by Crippen LogP contribution is -2.38. The number of rotatable bonds is 9. The van der Waals surface area contributed by atoms with E-state index in [0.717, 1.165) is 10.9 Å². The van der Waals surface area contributed by atoms with Gasteiger partial charge in [-0.2, -0.15) is 18.3 Å². The number of nitrogens with zero attached hydrogens (tertiary/aromatic N) is 3. The number of hydrogen-bond acceptors (Lipinski definition) is 6. The predicted octanol–water partition coefficient (Wildman–Crippen LogP) is 5.06. The van der Waals surface area contributed by atoms with E-state index in [0.29, 0.717) is 42.8 Å². The molecule has 0 bridgehead atoms. The first kappa shape index (κ1) is 29.5. The zero-order chi connectivity index (χ0) is 30.6. The molecule has 0 saturated heterocycles. The zero-order valence-electron chi connectivity index (χ0n) is 22.8. The summed E-state index contributed by atoms with van der Waals surface area (Å²) in [6.07, 6.45) is -1.64. The molecule has 2 heterocycles. The minimum Gasteiger partial charge on any atom is -0.476 e. The highest BCUT2D eigenvalue weighted by atomic mass is 19.4. The Hall–Kier alpha value is -4.94. The Kier molecular flexibility index (Phi) is 8.60. The molecule has 4 aromatic rings. The van der Waals surface area contributed by atoms with Crippen molar-refractivity contribution < 1.29 is 37.1 Å². The number of carbonyl (C=O) groups is 3. The second-order valence-electron chi connectivity index (χ2n) is 10.2. The van der Waals surface area contributed by atoms with Crippen molar-refractivity contribution in [3.63, 3.8) is 0 Å². The molecule has 224 valence electrons. The third kappa shape index (κ3) is 6.76. The number of para-hydroxylation sites is 1. The van der Waals surface area contributed by atoms with E-state index in [-0.39, 0.29) is 42.3 Å². The first-order valence-corrected chi connectivity index (χ1v) is 13.7. The van der Waals surface area contributed by atoms with E-state index in [1.807, 2.05) is 6.07 Å². The largest absolute Gasteiger partial charge is 0.476 e. The molecule has 0 unspecified atom stereocenters. The van der Waals surface area contributed by atoms with Gasteiger partial charge in [0.2, 0.25) is 5.91 Å². The Labute approximate surface area is 243 Å². The number of oxazole rings is 1. The molecule has 0 atom stereocenters. The average molecular weight is 596 g/mol. The Bertz CT molecular complexity index is 1590. The van der Waals surface area contributed by atoms with E-state index in [9.17, 15) is 32.7 Å². The molecule has 0 aliphatic heterocycles. The Balaban J connectivity index is 1.12. The minimum atomic E-state index is -4.83. The number of nitrogens with one attached hydrogen (secondary N) is 2. The van der Waals surface area contributed by atoms with Crippen molar-refractivity contribution in [2.24, 2.45) is 5.92 Å². The van der Waals surface area contributed by atoms with Gasteiger partial charge in [0.05, 0.1) is 11.3 Å². The van der Waals surface area contributed by atoms with Crippen molar-refractivity contribution >= 4 is 17.8 Å². The van der Waals surface area contributed by atoms with Crippen LogP contribution >= 0.6 is 0 Å². The third-order valence-electron chi connectivity index (χ3n) is 7.29. The highest BCUT2D eigenvalue weighted by Crippen LogP contribution is 2.38. The van der Waals surface area contributed by atoms with E-state index in [1.54, 1.807) is 54.6 Å². The summed E-state index contributed by atoms with van der Waals surface area (Å²) in [6, 6.07) is 17.0. The average Bonchev–Trinajstić information content (AvgIpc) is 3.67. The van der Waals surface area contributed by atoms with Crippen LogP contribution in [0.5, 0.6) is 0 Å². The molecule has 10 nitrogen and oxygen atoms in total. The molecule has 13 heteroatoms. The van der Waals surface area contributed by atoms with Gasteiger partial charge in [0.15, 0.2) is 23.0 Å². The van der Waals surface area contributed by atoms with Crippen molar-refractivity contribution in [1.82, 2.24) is 25.4 Å². The lowest BCUT2D eigenvalue weighted by Gasteiger charge is -2.26. The molecule has 0 radical (unpaired) electrons. The number of aromatic carboxylic acids is 1. The molecule has 5 rings (SSSR count). The van der Waals surface area contributed by atoms with Crippen molar-refractivity contribution in [2.75, 3.05) is 13.1 Å². The van der Waals surface area contributed by atoms with Gasteiger partial charge in [0, 0.05) is 36.7 Å². The van der Waals surface area contributed by atoms with Gasteiger partial charge >= 0.3 is 12.1 Å².